The number of alkyl carbamates (subject to hydrolysis) is 1. The molecule has 4 rings (SSSR count). The highest BCUT2D eigenvalue weighted by Gasteiger charge is 2.48. The summed E-state index contributed by atoms with van der Waals surface area (Å²) in [6.07, 6.45) is -2.32. The van der Waals surface area contributed by atoms with Crippen LogP contribution in [0.4, 0.5) is 10.5 Å². The molecule has 2 aromatic rings. The number of benzene rings is 1. The minimum Gasteiger partial charge on any atom is -0.495 e. The fourth-order valence-corrected chi connectivity index (χ4v) is 11.2. The molecular weight excluding hydrogens is 1120 g/mol. The van der Waals surface area contributed by atoms with Crippen LogP contribution in [0.1, 0.15) is 131 Å². The molecule has 2 aliphatic heterocycles. The van der Waals surface area contributed by atoms with E-state index in [4.69, 9.17) is 40.1 Å². The summed E-state index contributed by atoms with van der Waals surface area (Å²) in [5.41, 5.74) is 1.68. The number of hydrazone groups is 1. The largest absolute Gasteiger partial charge is 0.495 e. The average molecular weight is 1190 g/mol. The van der Waals surface area contributed by atoms with Gasteiger partial charge in [-0.1, -0.05) is 51.8 Å². The van der Waals surface area contributed by atoms with Crippen molar-refractivity contribution in [3.63, 3.8) is 0 Å². The molecule has 2 aliphatic rings. The number of aliphatic hydroxyl groups is 2. The zero-order valence-electron chi connectivity index (χ0n) is 48.2. The predicted octanol–water partition coefficient (Wildman–Crippen LogP) is 6.00. The number of esters is 1. The van der Waals surface area contributed by atoms with Gasteiger partial charge >= 0.3 is 18.0 Å². The van der Waals surface area contributed by atoms with Crippen LogP contribution in [0.3, 0.4) is 0 Å². The minimum absolute atomic E-state index is 0.00161. The van der Waals surface area contributed by atoms with Crippen molar-refractivity contribution in [3.05, 3.63) is 52.2 Å². The molecule has 7 atom stereocenters. The molecule has 0 spiro atoms. The standard InChI is InChI=1S/C54H77ClN8O16S2/c1-14-31(2)24-36-25-38(49(55)39(26-36)75-13)62(11)47(68)27-41(53(9,72)28-32(3)40-29-54(73,35(6)74-12)56-51(71)77-40)78-50(70)34(5)61(10)44(65)21-23-80-81-52(7,8)30-42(64)59-57-33(4)37-17-18-43(60-58-37)76-22-15-16-48(69)79-63-45(66)19-20-46(63)67/h14,17-18,25-26,32,34-35,40-41,72-73H,15-16,19-24,27-30H2,1-13H3,(H,56,71)(H,59,64)/b31-14+,57-33-/t32-,34-,35+,40-,41-,53?,54-/m0/s1. The zero-order chi connectivity index (χ0) is 60.6. The second kappa shape index (κ2) is 30.3. The maximum atomic E-state index is 14.3. The van der Waals surface area contributed by atoms with Gasteiger partial charge < -0.3 is 48.5 Å². The van der Waals surface area contributed by atoms with Gasteiger partial charge in [0.25, 0.3) is 11.8 Å². The van der Waals surface area contributed by atoms with Crippen LogP contribution in [0.5, 0.6) is 11.6 Å². The Kier molecular flexibility index (Phi) is 25.2. The molecule has 27 heteroatoms. The number of allylic oxidation sites excluding steroid dienone is 2. The van der Waals surface area contributed by atoms with Crippen molar-refractivity contribution in [2.45, 2.75) is 167 Å². The topological polar surface area (TPSA) is 304 Å². The third-order valence-corrected chi connectivity index (χ3v) is 17.4. The number of carbonyl (C=O) groups is 8. The number of imide groups is 1. The van der Waals surface area contributed by atoms with Gasteiger partial charge in [-0.05, 0) is 104 Å². The number of nitrogens with one attached hydrogen (secondary N) is 2. The van der Waals surface area contributed by atoms with Gasteiger partial charge in [0.05, 0.1) is 43.6 Å². The van der Waals surface area contributed by atoms with Gasteiger partial charge in [0.1, 0.15) is 40.8 Å². The van der Waals surface area contributed by atoms with Gasteiger partial charge in [-0.3, -0.25) is 29.3 Å². The van der Waals surface area contributed by atoms with Crippen LogP contribution in [0, 0.1) is 5.92 Å². The number of hydrogen-bond acceptors (Lipinski definition) is 21. The number of nitrogens with zero attached hydrogens (tertiary/aromatic N) is 6. The summed E-state index contributed by atoms with van der Waals surface area (Å²) in [4.78, 5) is 110. The third-order valence-electron chi connectivity index (χ3n) is 13.7. The molecule has 448 valence electrons. The first-order valence-corrected chi connectivity index (χ1v) is 29.0. The monoisotopic (exact) mass is 1190 g/mol. The maximum absolute atomic E-state index is 14.3. The van der Waals surface area contributed by atoms with Gasteiger partial charge in [0.2, 0.25) is 23.6 Å². The number of hydroxylamine groups is 2. The van der Waals surface area contributed by atoms with E-state index in [0.717, 1.165) is 11.1 Å². The first-order valence-electron chi connectivity index (χ1n) is 26.3. The van der Waals surface area contributed by atoms with E-state index in [-0.39, 0.29) is 74.8 Å². The smallest absolute Gasteiger partial charge is 0.409 e. The van der Waals surface area contributed by atoms with Gasteiger partial charge in [0, 0.05) is 69.9 Å². The molecule has 3 heterocycles. The first-order chi connectivity index (χ1) is 37.9. The molecule has 2 saturated heterocycles. The van der Waals surface area contributed by atoms with Gasteiger partial charge in [-0.25, -0.2) is 19.8 Å². The number of cyclic esters (lactones) is 1. The molecule has 0 radical (unpaired) electrons. The Morgan fingerprint density at radius 1 is 1.04 bits per heavy atom. The minimum atomic E-state index is -1.96. The van der Waals surface area contributed by atoms with E-state index in [0.29, 0.717) is 40.1 Å². The summed E-state index contributed by atoms with van der Waals surface area (Å²) >= 11 is 6.76. The van der Waals surface area contributed by atoms with E-state index in [9.17, 15) is 48.6 Å². The van der Waals surface area contributed by atoms with Crippen LogP contribution in [-0.4, -0.2) is 165 Å². The van der Waals surface area contributed by atoms with Gasteiger partial charge in [-0.2, -0.15) is 5.10 Å². The molecule has 24 nitrogen and oxygen atoms in total. The van der Waals surface area contributed by atoms with Crippen LogP contribution < -0.4 is 25.1 Å². The maximum Gasteiger partial charge on any atom is 0.409 e. The van der Waals surface area contributed by atoms with Gasteiger partial charge in [-0.15, -0.1) is 15.3 Å². The summed E-state index contributed by atoms with van der Waals surface area (Å²) in [7, 11) is 8.52. The lowest BCUT2D eigenvalue weighted by molar-refractivity contribution is -0.197. The fourth-order valence-electron chi connectivity index (χ4n) is 8.38. The highest BCUT2D eigenvalue weighted by atomic mass is 35.5. The van der Waals surface area contributed by atoms with Gasteiger partial charge in [0.15, 0.2) is 5.72 Å². The molecular formula is C54H77ClN8O16S2. The van der Waals surface area contributed by atoms with Crippen LogP contribution in [0.25, 0.3) is 0 Å². The summed E-state index contributed by atoms with van der Waals surface area (Å²) < 4.78 is 27.3. The number of methoxy groups -OCH3 is 2. The quantitative estimate of drug-likeness (QED) is 0.0132. The Balaban J connectivity index is 1.33. The summed E-state index contributed by atoms with van der Waals surface area (Å²) in [5.74, 6) is -4.00. The number of rotatable bonds is 30. The van der Waals surface area contributed by atoms with Crippen molar-refractivity contribution in [1.29, 1.82) is 0 Å². The number of carbonyl (C=O) groups excluding carboxylic acids is 8. The van der Waals surface area contributed by atoms with E-state index in [2.05, 4.69) is 26.0 Å². The molecule has 0 bridgehead atoms. The highest BCUT2D eigenvalue weighted by Crippen LogP contribution is 2.40. The lowest BCUT2D eigenvalue weighted by Crippen LogP contribution is -2.63. The fraction of sp³-hybridized carbons (Fsp3) is 0.611. The average Bonchev–Trinajstić information content (AvgIpc) is 3.83. The molecule has 0 aliphatic carbocycles. The Labute approximate surface area is 485 Å². The highest BCUT2D eigenvalue weighted by molar-refractivity contribution is 8.77. The van der Waals surface area contributed by atoms with Crippen molar-refractivity contribution >= 4 is 92.2 Å². The second-order valence-corrected chi connectivity index (χ2v) is 24.4. The Hall–Kier alpha value is -6.06. The number of anilines is 1. The van der Waals surface area contributed by atoms with Crippen LogP contribution in [0.2, 0.25) is 5.02 Å². The Morgan fingerprint density at radius 2 is 1.72 bits per heavy atom. The number of aromatic nitrogens is 2. The number of amides is 6. The van der Waals surface area contributed by atoms with Crippen molar-refractivity contribution in [1.82, 2.24) is 30.9 Å². The van der Waals surface area contributed by atoms with Crippen LogP contribution >= 0.6 is 33.2 Å². The van der Waals surface area contributed by atoms with E-state index >= 15 is 0 Å². The SMILES string of the molecule is C/C=C(\C)Cc1cc(OC)c(Cl)c(N(C)C(=O)C[C@H](OC(=O)[C@H](C)N(C)C(=O)CCSSC(C)(C)CC(=O)N/N=C(/C)c2ccc(OCCCC(=O)ON3C(=O)CCC3=O)nn2)C(C)(O)C[C@H](C)[C@@H]2C[C@](O)([C@@H](C)OC)NC(=O)O2)c1. The van der Waals surface area contributed by atoms with Crippen LogP contribution in [-0.2, 0) is 59.0 Å². The lowest BCUT2D eigenvalue weighted by atomic mass is 9.81. The van der Waals surface area contributed by atoms with Crippen LogP contribution in [0.15, 0.2) is 41.0 Å². The number of hydrogen-bond donors (Lipinski definition) is 4. The number of likely N-dealkylation sites (N-methyl/N-ethyl adjacent to an activating group) is 1. The Morgan fingerprint density at radius 3 is 2.33 bits per heavy atom. The van der Waals surface area contributed by atoms with Crippen molar-refractivity contribution in [3.8, 4) is 11.6 Å². The molecule has 2 fully saturated rings. The first kappa shape index (κ1) is 67.4. The third kappa shape index (κ3) is 19.8. The molecule has 1 aromatic heterocycles. The van der Waals surface area contributed by atoms with E-state index in [1.807, 2.05) is 33.8 Å². The lowest BCUT2D eigenvalue weighted by Gasteiger charge is -2.43. The Bertz CT molecular complexity index is 2640. The second-order valence-electron chi connectivity index (χ2n) is 20.9. The van der Waals surface area contributed by atoms with E-state index in [1.165, 1.54) is 73.6 Å². The van der Waals surface area contributed by atoms with E-state index < -0.39 is 94.4 Å². The zero-order valence-corrected chi connectivity index (χ0v) is 50.6. The molecule has 1 unspecified atom stereocenters. The van der Waals surface area contributed by atoms with Crippen molar-refractivity contribution < 1.29 is 77.1 Å². The molecule has 81 heavy (non-hydrogen) atoms. The summed E-state index contributed by atoms with van der Waals surface area (Å²) in [5, 5.41) is 38.8. The number of halogens is 1. The molecule has 4 N–H and O–H groups in total. The summed E-state index contributed by atoms with van der Waals surface area (Å²) in [6, 6.07) is 5.48. The normalized spacial score (nSPS) is 19.0. The molecule has 1 aromatic carbocycles. The van der Waals surface area contributed by atoms with Crippen molar-refractivity contribution in [2.24, 2.45) is 11.0 Å². The predicted molar refractivity (Wildman–Crippen MR) is 303 cm³/mol. The molecule has 6 amide bonds. The number of ether oxygens (including phenoxy) is 5. The summed E-state index contributed by atoms with van der Waals surface area (Å²) in [6.45, 7) is 15.4. The van der Waals surface area contributed by atoms with Crippen molar-refractivity contribution in [2.75, 3.05) is 45.6 Å². The van der Waals surface area contributed by atoms with E-state index in [1.54, 1.807) is 45.0 Å². The molecule has 0 saturated carbocycles.